The van der Waals surface area contributed by atoms with Gasteiger partial charge in [0.1, 0.15) is 11.3 Å². The molecule has 1 atom stereocenters. The summed E-state index contributed by atoms with van der Waals surface area (Å²) < 4.78 is 25.8. The Morgan fingerprint density at radius 3 is 3.00 bits per heavy atom. The highest BCUT2D eigenvalue weighted by molar-refractivity contribution is 7.89. The lowest BCUT2D eigenvalue weighted by molar-refractivity contribution is 0.411. The summed E-state index contributed by atoms with van der Waals surface area (Å²) in [5.74, 6) is 0.0318. The predicted octanol–water partition coefficient (Wildman–Crippen LogP) is 1.63. The second-order valence-corrected chi connectivity index (χ2v) is 9.57. The van der Waals surface area contributed by atoms with Gasteiger partial charge in [-0.25, -0.2) is 17.7 Å². The first kappa shape index (κ1) is 14.9. The number of nitrogens with two attached hydrogens (primary N) is 1. The van der Waals surface area contributed by atoms with Gasteiger partial charge in [-0.2, -0.15) is 0 Å². The van der Waals surface area contributed by atoms with Crippen molar-refractivity contribution < 1.29 is 8.42 Å². The largest absolute Gasteiger partial charge is 0.369 e. The van der Waals surface area contributed by atoms with Crippen molar-refractivity contribution in [1.82, 2.24) is 14.3 Å². The van der Waals surface area contributed by atoms with Crippen LogP contribution in [-0.4, -0.2) is 41.5 Å². The Hall–Kier alpha value is -2.39. The van der Waals surface area contributed by atoms with E-state index in [1.54, 1.807) is 23.7 Å². The average Bonchev–Trinajstić information content (AvgIpc) is 3.13. The summed E-state index contributed by atoms with van der Waals surface area (Å²) in [6.45, 7) is 0. The minimum Gasteiger partial charge on any atom is -0.369 e. The molecule has 128 valence electrons. The molecule has 4 heterocycles. The molecule has 0 aromatic carbocycles. The number of aromatic nitrogens is 2. The zero-order chi connectivity index (χ0) is 17.4. The first-order valence-corrected chi connectivity index (χ1v) is 10.2. The molecule has 3 aromatic heterocycles. The van der Waals surface area contributed by atoms with Gasteiger partial charge < -0.3 is 10.7 Å². The number of nitrogens with one attached hydrogen (secondary N) is 1. The van der Waals surface area contributed by atoms with Crippen molar-refractivity contribution in [3.8, 4) is 10.6 Å². The summed E-state index contributed by atoms with van der Waals surface area (Å²) in [6.07, 6.45) is 4.16. The third-order valence-corrected chi connectivity index (χ3v) is 8.16. The number of H-pyrrole nitrogens is 1. The third kappa shape index (κ3) is 1.99. The van der Waals surface area contributed by atoms with Crippen molar-refractivity contribution in [3.63, 3.8) is 0 Å². The first-order valence-electron chi connectivity index (χ1n) is 7.76. The molecule has 0 amide bonds. The maximum Gasteiger partial charge on any atom is 0.239 e. The van der Waals surface area contributed by atoms with E-state index in [-0.39, 0.29) is 11.7 Å². The van der Waals surface area contributed by atoms with E-state index in [1.165, 1.54) is 7.05 Å². The highest BCUT2D eigenvalue weighted by Gasteiger charge is 2.52. The normalized spacial score (nSPS) is 24.2. The number of aromatic amines is 1. The van der Waals surface area contributed by atoms with Crippen LogP contribution in [-0.2, 0) is 22.0 Å². The van der Waals surface area contributed by atoms with Gasteiger partial charge in [0.05, 0.1) is 22.3 Å². The Labute approximate surface area is 148 Å². The maximum atomic E-state index is 12.4. The van der Waals surface area contributed by atoms with E-state index in [2.05, 4.69) is 27.1 Å². The van der Waals surface area contributed by atoms with Crippen LogP contribution in [0.4, 0.5) is 0 Å². The number of hydrogen-bond acceptors (Lipinski definition) is 6. The van der Waals surface area contributed by atoms with Gasteiger partial charge in [-0.3, -0.25) is 4.98 Å². The highest BCUT2D eigenvalue weighted by atomic mass is 32.2. The highest BCUT2D eigenvalue weighted by Crippen LogP contribution is 2.51. The molecule has 0 radical (unpaired) electrons. The lowest BCUT2D eigenvalue weighted by atomic mass is 9.79. The minimum absolute atomic E-state index is 0.0270. The van der Waals surface area contributed by atoms with E-state index in [0.717, 1.165) is 36.2 Å². The van der Waals surface area contributed by atoms with Crippen LogP contribution in [0.1, 0.15) is 10.4 Å². The van der Waals surface area contributed by atoms with Crippen LogP contribution in [0.5, 0.6) is 0 Å². The van der Waals surface area contributed by atoms with Gasteiger partial charge in [0.15, 0.2) is 0 Å². The summed E-state index contributed by atoms with van der Waals surface area (Å²) in [7, 11) is -1.99. The molecular formula is C16H15N5O2S2. The van der Waals surface area contributed by atoms with Crippen LogP contribution < -0.4 is 5.73 Å². The first-order chi connectivity index (χ1) is 11.9. The van der Waals surface area contributed by atoms with Gasteiger partial charge in [0.25, 0.3) is 0 Å². The van der Waals surface area contributed by atoms with Crippen LogP contribution in [0.2, 0.25) is 0 Å². The number of aliphatic imine (C=N–C) groups is 1. The Morgan fingerprint density at radius 2 is 2.24 bits per heavy atom. The lowest BCUT2D eigenvalue weighted by Crippen LogP contribution is -2.54. The Morgan fingerprint density at radius 1 is 1.40 bits per heavy atom. The van der Waals surface area contributed by atoms with E-state index in [9.17, 15) is 8.42 Å². The molecule has 0 fully saturated rings. The van der Waals surface area contributed by atoms with E-state index in [4.69, 9.17) is 5.73 Å². The molecule has 7 nitrogen and oxygen atoms in total. The van der Waals surface area contributed by atoms with E-state index in [1.807, 2.05) is 6.07 Å². The van der Waals surface area contributed by atoms with E-state index in [0.29, 0.717) is 6.42 Å². The van der Waals surface area contributed by atoms with Gasteiger partial charge in [0.2, 0.25) is 16.0 Å². The zero-order valence-corrected chi connectivity index (χ0v) is 15.0. The van der Waals surface area contributed by atoms with Crippen LogP contribution >= 0.6 is 11.3 Å². The summed E-state index contributed by atoms with van der Waals surface area (Å²) in [6, 6.07) is 6.15. The Kier molecular flexibility index (Phi) is 2.75. The molecule has 25 heavy (non-hydrogen) atoms. The van der Waals surface area contributed by atoms with Crippen molar-refractivity contribution in [2.45, 2.75) is 12.0 Å². The molecule has 2 aliphatic rings. The fraction of sp³-hybridized carbons (Fsp3) is 0.250. The average molecular weight is 373 g/mol. The van der Waals surface area contributed by atoms with Crippen LogP contribution in [0.25, 0.3) is 21.5 Å². The van der Waals surface area contributed by atoms with Crippen molar-refractivity contribution in [1.29, 1.82) is 0 Å². The molecule has 0 saturated carbocycles. The topological polar surface area (TPSA) is 104 Å². The van der Waals surface area contributed by atoms with Gasteiger partial charge in [0, 0.05) is 29.9 Å². The molecule has 0 unspecified atom stereocenters. The number of pyridine rings is 1. The number of fused-ring (bicyclic) bond motifs is 3. The fourth-order valence-electron chi connectivity index (χ4n) is 3.55. The third-order valence-electron chi connectivity index (χ3n) is 4.89. The fourth-order valence-corrected chi connectivity index (χ4v) is 6.36. The maximum absolute atomic E-state index is 12.4. The molecule has 1 aliphatic carbocycles. The quantitative estimate of drug-likeness (QED) is 0.676. The monoisotopic (exact) mass is 373 g/mol. The zero-order valence-electron chi connectivity index (χ0n) is 13.4. The van der Waals surface area contributed by atoms with Crippen LogP contribution in [0, 0.1) is 0 Å². The summed E-state index contributed by atoms with van der Waals surface area (Å²) >= 11 is 1.58. The molecule has 3 aromatic rings. The molecular weight excluding hydrogens is 358 g/mol. The molecule has 9 heteroatoms. The van der Waals surface area contributed by atoms with Gasteiger partial charge in [-0.05, 0) is 23.8 Å². The van der Waals surface area contributed by atoms with Gasteiger partial charge in [-0.1, -0.05) is 0 Å². The van der Waals surface area contributed by atoms with Crippen molar-refractivity contribution in [2.24, 2.45) is 10.7 Å². The number of rotatable bonds is 1. The summed E-state index contributed by atoms with van der Waals surface area (Å²) in [4.78, 5) is 14.1. The number of nitrogens with zero attached hydrogens (tertiary/aromatic N) is 3. The molecule has 1 spiro atoms. The molecule has 1 aliphatic heterocycles. The van der Waals surface area contributed by atoms with Crippen molar-refractivity contribution in [2.75, 3.05) is 12.8 Å². The summed E-state index contributed by atoms with van der Waals surface area (Å²) in [5.41, 5.74) is 8.26. The number of guanidine groups is 1. The van der Waals surface area contributed by atoms with Crippen LogP contribution in [0.15, 0.2) is 35.6 Å². The van der Waals surface area contributed by atoms with Gasteiger partial charge in [-0.15, -0.1) is 11.3 Å². The van der Waals surface area contributed by atoms with Crippen molar-refractivity contribution >= 4 is 38.2 Å². The number of sulfonamides is 1. The van der Waals surface area contributed by atoms with Crippen LogP contribution in [0.3, 0.4) is 0 Å². The second kappa shape index (κ2) is 4.61. The molecule has 3 N–H and O–H groups in total. The molecule has 0 bridgehead atoms. The molecule has 0 saturated heterocycles. The minimum atomic E-state index is -3.43. The number of hydrogen-bond donors (Lipinski definition) is 2. The lowest BCUT2D eigenvalue weighted by Gasteiger charge is -2.42. The van der Waals surface area contributed by atoms with E-state index < -0.39 is 15.6 Å². The standard InChI is InChI=1S/C16H15N5O2S2/c1-21-15(17)20-16(8-25(21,22)23)6-10-5-13(24-14(10)16)11-4-9-2-3-18-7-12(9)19-11/h2-5,7,19H,6,8H2,1H3,(H2,17,20)/t16-/m0/s1. The molecule has 5 rings (SSSR count). The van der Waals surface area contributed by atoms with Crippen molar-refractivity contribution in [3.05, 3.63) is 41.0 Å². The number of thiophene rings is 1. The Balaban J connectivity index is 1.60. The second-order valence-electron chi connectivity index (χ2n) is 6.51. The smallest absolute Gasteiger partial charge is 0.239 e. The Bertz CT molecular complexity index is 1130. The SMILES string of the molecule is CN1C(N)=N[C@@]2(Cc3cc(-c4cc5ccncc5[nH]4)sc32)CS1(=O)=O. The van der Waals surface area contributed by atoms with Gasteiger partial charge >= 0.3 is 0 Å². The summed E-state index contributed by atoms with van der Waals surface area (Å²) in [5, 5.41) is 1.10. The predicted molar refractivity (Wildman–Crippen MR) is 98.0 cm³/mol. The van der Waals surface area contributed by atoms with E-state index >= 15 is 0 Å².